The summed E-state index contributed by atoms with van der Waals surface area (Å²) in [5.74, 6) is 0.671. The van der Waals surface area contributed by atoms with Crippen molar-refractivity contribution < 1.29 is 9.47 Å². The van der Waals surface area contributed by atoms with Crippen LogP contribution in [0.1, 0.15) is 71.1 Å². The van der Waals surface area contributed by atoms with E-state index < -0.39 is 0 Å². The predicted molar refractivity (Wildman–Crippen MR) is 123 cm³/mol. The Hall–Kier alpha value is -1.39. The van der Waals surface area contributed by atoms with Gasteiger partial charge < -0.3 is 9.47 Å². The number of hydrogen-bond donors (Lipinski definition) is 0. The van der Waals surface area contributed by atoms with Crippen LogP contribution < -0.4 is 4.74 Å². The highest BCUT2D eigenvalue weighted by Crippen LogP contribution is 2.29. The maximum atomic E-state index is 6.20. The van der Waals surface area contributed by atoms with Gasteiger partial charge in [-0.05, 0) is 42.9 Å². The first-order chi connectivity index (χ1) is 13.7. The quantitative estimate of drug-likeness (QED) is 0.233. The summed E-state index contributed by atoms with van der Waals surface area (Å²) in [6.07, 6.45) is 14.8. The highest BCUT2D eigenvalue weighted by atomic mass is 35.5. The Morgan fingerprint density at radius 2 is 1.64 bits per heavy atom. The summed E-state index contributed by atoms with van der Waals surface area (Å²) < 4.78 is 11.4. The van der Waals surface area contributed by atoms with E-state index in [1.54, 1.807) is 6.20 Å². The summed E-state index contributed by atoms with van der Waals surface area (Å²) in [6.45, 7) is 3.18. The monoisotopic (exact) mass is 421 g/mol. The van der Waals surface area contributed by atoms with Gasteiger partial charge in [0.25, 0.3) is 0 Å². The normalized spacial score (nSPS) is 10.9. The van der Waals surface area contributed by atoms with Gasteiger partial charge in [-0.1, -0.05) is 76.3 Å². The molecule has 1 aromatic carbocycles. The van der Waals surface area contributed by atoms with Gasteiger partial charge in [0.15, 0.2) is 11.7 Å². The molecule has 2 rings (SSSR count). The summed E-state index contributed by atoms with van der Waals surface area (Å²) in [5, 5.41) is 2.02. The fraction of sp³-hybridized carbons (Fsp3) is 0.565. The van der Waals surface area contributed by atoms with E-state index in [-0.39, 0.29) is 6.61 Å². The molecule has 0 bridgehead atoms. The lowest BCUT2D eigenvalue weighted by Gasteiger charge is -2.11. The minimum Gasteiger partial charge on any atom is -0.484 e. The van der Waals surface area contributed by atoms with Crippen LogP contribution in [0.15, 0.2) is 30.5 Å². The van der Waals surface area contributed by atoms with Crippen LogP contribution in [0, 0.1) is 0 Å². The molecule has 0 aliphatic rings. The fourth-order valence-electron chi connectivity index (χ4n) is 3.18. The average molecular weight is 422 g/mol. The number of hydrogen-bond acceptors (Lipinski definition) is 4. The van der Waals surface area contributed by atoms with Gasteiger partial charge in [-0.2, -0.15) is 0 Å². The number of nitrogens with zero attached hydrogens (tertiary/aromatic N) is 1. The maximum Gasteiger partial charge on any atom is 0.197 e. The molecule has 154 valence electrons. The van der Waals surface area contributed by atoms with Crippen molar-refractivity contribution in [2.75, 3.05) is 13.2 Å². The van der Waals surface area contributed by atoms with Crippen LogP contribution in [0.4, 0.5) is 0 Å². The van der Waals surface area contributed by atoms with Crippen LogP contribution in [-0.4, -0.2) is 23.2 Å². The first-order valence-corrected chi connectivity index (χ1v) is 11.3. The molecule has 0 radical (unpaired) electrons. The summed E-state index contributed by atoms with van der Waals surface area (Å²) in [4.78, 5) is 4.36. The number of benzene rings is 1. The van der Waals surface area contributed by atoms with Crippen molar-refractivity contribution in [2.24, 2.45) is 0 Å². The second kappa shape index (κ2) is 13.7. The number of ether oxygens (including phenoxy) is 2. The third-order valence-electron chi connectivity index (χ3n) is 4.79. The Morgan fingerprint density at radius 3 is 2.36 bits per heavy atom. The summed E-state index contributed by atoms with van der Waals surface area (Å²) in [5.41, 5.74) is 0.743. The lowest BCUT2D eigenvalue weighted by molar-refractivity contribution is 0.264. The standard InChI is InChI=1S/C23H32ClNO2S/c1-2-3-4-5-6-7-8-9-10-11-17-26-22(28)18-27-21-15-14-20(24)19-13-12-16-25-23(19)21/h12-16H,2-11,17-18H2,1H3. The Kier molecular flexibility index (Phi) is 11.2. The maximum absolute atomic E-state index is 6.20. The Labute approximate surface area is 179 Å². The predicted octanol–water partition coefficient (Wildman–Crippen LogP) is 7.53. The van der Waals surface area contributed by atoms with Gasteiger partial charge in [0.05, 0.1) is 11.6 Å². The fourth-order valence-corrected chi connectivity index (χ4v) is 3.54. The van der Waals surface area contributed by atoms with Gasteiger partial charge in [-0.15, -0.1) is 0 Å². The summed E-state index contributed by atoms with van der Waals surface area (Å²) in [6, 6.07) is 7.42. The lowest BCUT2D eigenvalue weighted by atomic mass is 10.1. The van der Waals surface area contributed by atoms with Crippen molar-refractivity contribution >= 4 is 39.8 Å². The molecule has 5 heteroatoms. The molecule has 0 aliphatic carbocycles. The highest BCUT2D eigenvalue weighted by molar-refractivity contribution is 7.80. The Balaban J connectivity index is 1.55. The molecule has 0 N–H and O–H groups in total. The minimum absolute atomic E-state index is 0.250. The zero-order chi connectivity index (χ0) is 20.0. The van der Waals surface area contributed by atoms with E-state index in [9.17, 15) is 0 Å². The van der Waals surface area contributed by atoms with E-state index in [1.165, 1.54) is 57.8 Å². The molecule has 0 spiro atoms. The molecule has 0 amide bonds. The molecule has 28 heavy (non-hydrogen) atoms. The molecular formula is C23H32ClNO2S. The van der Waals surface area contributed by atoms with Crippen LogP contribution in [0.3, 0.4) is 0 Å². The van der Waals surface area contributed by atoms with Crippen LogP contribution in [-0.2, 0) is 4.74 Å². The van der Waals surface area contributed by atoms with E-state index in [4.69, 9.17) is 33.3 Å². The second-order valence-electron chi connectivity index (χ2n) is 7.14. The van der Waals surface area contributed by atoms with E-state index in [0.717, 1.165) is 17.3 Å². The van der Waals surface area contributed by atoms with Crippen LogP contribution >= 0.6 is 23.8 Å². The summed E-state index contributed by atoms with van der Waals surface area (Å²) >= 11 is 11.5. The number of unbranched alkanes of at least 4 members (excludes halogenated alkanes) is 9. The molecule has 0 saturated heterocycles. The average Bonchev–Trinajstić information content (AvgIpc) is 2.72. The van der Waals surface area contributed by atoms with Crippen LogP contribution in [0.25, 0.3) is 10.9 Å². The van der Waals surface area contributed by atoms with Gasteiger partial charge >= 0.3 is 0 Å². The second-order valence-corrected chi connectivity index (χ2v) is 8.00. The SMILES string of the molecule is CCCCCCCCCCCCOC(=S)COc1ccc(Cl)c2cccnc12. The van der Waals surface area contributed by atoms with Crippen molar-refractivity contribution in [3.05, 3.63) is 35.5 Å². The topological polar surface area (TPSA) is 31.4 Å². The van der Waals surface area contributed by atoms with Gasteiger partial charge in [0, 0.05) is 11.6 Å². The Bertz CT molecular complexity index is 723. The van der Waals surface area contributed by atoms with Gasteiger partial charge in [0.1, 0.15) is 11.3 Å². The van der Waals surface area contributed by atoms with Crippen molar-refractivity contribution in [2.45, 2.75) is 71.1 Å². The van der Waals surface area contributed by atoms with Gasteiger partial charge in [-0.25, -0.2) is 0 Å². The molecular weight excluding hydrogens is 390 g/mol. The van der Waals surface area contributed by atoms with E-state index in [0.29, 0.717) is 22.4 Å². The first kappa shape index (κ1) is 22.9. The smallest absolute Gasteiger partial charge is 0.197 e. The highest BCUT2D eigenvalue weighted by Gasteiger charge is 2.08. The third kappa shape index (κ3) is 8.32. The van der Waals surface area contributed by atoms with Gasteiger partial charge in [-0.3, -0.25) is 4.98 Å². The van der Waals surface area contributed by atoms with Crippen molar-refractivity contribution in [3.8, 4) is 5.75 Å². The molecule has 0 saturated carbocycles. The van der Waals surface area contributed by atoms with Crippen molar-refractivity contribution in [1.29, 1.82) is 0 Å². The number of pyridine rings is 1. The number of thiocarbonyl (C=S) groups is 1. The third-order valence-corrected chi connectivity index (χ3v) is 5.35. The van der Waals surface area contributed by atoms with E-state index >= 15 is 0 Å². The van der Waals surface area contributed by atoms with Crippen LogP contribution in [0.2, 0.25) is 5.02 Å². The van der Waals surface area contributed by atoms with E-state index in [1.807, 2.05) is 24.3 Å². The van der Waals surface area contributed by atoms with E-state index in [2.05, 4.69) is 11.9 Å². The number of aromatic nitrogens is 1. The van der Waals surface area contributed by atoms with Gasteiger partial charge in [0.2, 0.25) is 0 Å². The molecule has 2 aromatic rings. The zero-order valence-corrected chi connectivity index (χ0v) is 18.5. The number of fused-ring (bicyclic) bond motifs is 1. The summed E-state index contributed by atoms with van der Waals surface area (Å²) in [7, 11) is 0. The number of halogens is 1. The first-order valence-electron chi connectivity index (χ1n) is 10.5. The molecule has 1 heterocycles. The molecule has 3 nitrogen and oxygen atoms in total. The molecule has 0 aliphatic heterocycles. The molecule has 0 unspecified atom stereocenters. The number of rotatable bonds is 14. The van der Waals surface area contributed by atoms with Crippen molar-refractivity contribution in [1.82, 2.24) is 4.98 Å². The molecule has 1 aromatic heterocycles. The minimum atomic E-state index is 0.250. The lowest BCUT2D eigenvalue weighted by Crippen LogP contribution is -2.13. The zero-order valence-electron chi connectivity index (χ0n) is 16.9. The van der Waals surface area contributed by atoms with Crippen LogP contribution in [0.5, 0.6) is 5.75 Å². The Morgan fingerprint density at radius 1 is 0.964 bits per heavy atom. The molecule has 0 atom stereocenters. The largest absolute Gasteiger partial charge is 0.484 e. The molecule has 0 fully saturated rings. The van der Waals surface area contributed by atoms with Crippen molar-refractivity contribution in [3.63, 3.8) is 0 Å².